The standard InChI is InChI=1S/C19H15ClF5N3O2S/c20-14-3-2-13(10-15(14)22)31(29,30)27-7-5-12(6-8-27)28-17-4-1-11(21)9-16(17)26-18(28)19(23,24)25/h1-4,9-10,12H,5-8H2. The van der Waals surface area contributed by atoms with E-state index in [2.05, 4.69) is 4.98 Å². The number of alkyl halides is 3. The molecule has 1 aromatic heterocycles. The van der Waals surface area contributed by atoms with E-state index in [4.69, 9.17) is 11.6 Å². The third-order valence-corrected chi connectivity index (χ3v) is 7.42. The third-order valence-electron chi connectivity index (χ3n) is 5.22. The Morgan fingerprint density at radius 2 is 1.71 bits per heavy atom. The molecule has 0 bridgehead atoms. The van der Waals surface area contributed by atoms with Crippen LogP contribution in [-0.4, -0.2) is 35.4 Å². The Bertz CT molecular complexity index is 1250. The quantitative estimate of drug-likeness (QED) is 0.496. The van der Waals surface area contributed by atoms with Crippen molar-refractivity contribution in [1.82, 2.24) is 13.9 Å². The van der Waals surface area contributed by atoms with Gasteiger partial charge in [0, 0.05) is 25.2 Å². The second kappa shape index (κ2) is 7.72. The second-order valence-electron chi connectivity index (χ2n) is 7.15. The van der Waals surface area contributed by atoms with Gasteiger partial charge in [-0.1, -0.05) is 11.6 Å². The van der Waals surface area contributed by atoms with Gasteiger partial charge in [-0.15, -0.1) is 0 Å². The molecule has 1 aliphatic heterocycles. The molecule has 0 atom stereocenters. The van der Waals surface area contributed by atoms with E-state index < -0.39 is 39.7 Å². The van der Waals surface area contributed by atoms with Crippen molar-refractivity contribution in [2.75, 3.05) is 13.1 Å². The fourth-order valence-electron chi connectivity index (χ4n) is 3.77. The lowest BCUT2D eigenvalue weighted by Gasteiger charge is -2.33. The number of imidazole rings is 1. The summed E-state index contributed by atoms with van der Waals surface area (Å²) >= 11 is 5.59. The fourth-order valence-corrected chi connectivity index (χ4v) is 5.37. The van der Waals surface area contributed by atoms with Gasteiger partial charge >= 0.3 is 6.18 Å². The van der Waals surface area contributed by atoms with Gasteiger partial charge in [-0.05, 0) is 43.2 Å². The van der Waals surface area contributed by atoms with Crippen LogP contribution in [-0.2, 0) is 16.2 Å². The Morgan fingerprint density at radius 3 is 2.32 bits per heavy atom. The molecule has 1 saturated heterocycles. The molecule has 5 nitrogen and oxygen atoms in total. The van der Waals surface area contributed by atoms with E-state index in [-0.39, 0.29) is 46.9 Å². The van der Waals surface area contributed by atoms with Crippen molar-refractivity contribution in [3.05, 3.63) is 58.9 Å². The van der Waals surface area contributed by atoms with Crippen molar-refractivity contribution in [1.29, 1.82) is 0 Å². The van der Waals surface area contributed by atoms with Crippen LogP contribution in [0.15, 0.2) is 41.3 Å². The predicted molar refractivity (Wildman–Crippen MR) is 103 cm³/mol. The van der Waals surface area contributed by atoms with Crippen molar-refractivity contribution in [3.8, 4) is 0 Å². The third kappa shape index (κ3) is 4.01. The first-order valence-electron chi connectivity index (χ1n) is 9.18. The average Bonchev–Trinajstić information content (AvgIpc) is 3.09. The normalized spacial score (nSPS) is 16.8. The first kappa shape index (κ1) is 22.0. The summed E-state index contributed by atoms with van der Waals surface area (Å²) in [6.45, 7) is -0.148. The van der Waals surface area contributed by atoms with Crippen LogP contribution in [0.3, 0.4) is 0 Å². The molecule has 12 heteroatoms. The number of hydrogen-bond donors (Lipinski definition) is 0. The van der Waals surface area contributed by atoms with Gasteiger partial charge in [0.1, 0.15) is 11.6 Å². The Labute approximate surface area is 179 Å². The predicted octanol–water partition coefficient (Wildman–Crippen LogP) is 5.01. The van der Waals surface area contributed by atoms with Gasteiger partial charge in [0.25, 0.3) is 0 Å². The zero-order chi connectivity index (χ0) is 22.6. The molecule has 0 aliphatic carbocycles. The van der Waals surface area contributed by atoms with Crippen LogP contribution in [0.25, 0.3) is 11.0 Å². The SMILES string of the molecule is O=S(=O)(c1ccc(Cl)c(F)c1)N1CCC(n2c(C(F)(F)F)nc3cc(F)ccc32)CC1. The Kier molecular flexibility index (Phi) is 5.47. The molecule has 0 radical (unpaired) electrons. The summed E-state index contributed by atoms with van der Waals surface area (Å²) in [5.74, 6) is -2.75. The highest BCUT2D eigenvalue weighted by molar-refractivity contribution is 7.89. The molecule has 1 aliphatic rings. The molecule has 0 saturated carbocycles. The summed E-state index contributed by atoms with van der Waals surface area (Å²) in [5, 5.41) is -0.222. The lowest BCUT2D eigenvalue weighted by atomic mass is 10.1. The number of halogens is 6. The lowest BCUT2D eigenvalue weighted by Crippen LogP contribution is -2.39. The molecule has 0 unspecified atom stereocenters. The van der Waals surface area contributed by atoms with E-state index in [1.54, 1.807) is 0 Å². The van der Waals surface area contributed by atoms with Crippen molar-refractivity contribution < 1.29 is 30.4 Å². The largest absolute Gasteiger partial charge is 0.449 e. The molecule has 0 spiro atoms. The number of hydrogen-bond acceptors (Lipinski definition) is 3. The first-order valence-corrected chi connectivity index (χ1v) is 11.0. The van der Waals surface area contributed by atoms with Crippen LogP contribution in [0, 0.1) is 11.6 Å². The van der Waals surface area contributed by atoms with E-state index in [1.807, 2.05) is 0 Å². The molecule has 31 heavy (non-hydrogen) atoms. The van der Waals surface area contributed by atoms with Crippen LogP contribution < -0.4 is 0 Å². The number of benzene rings is 2. The number of aromatic nitrogens is 2. The van der Waals surface area contributed by atoms with Crippen molar-refractivity contribution in [3.63, 3.8) is 0 Å². The highest BCUT2D eigenvalue weighted by atomic mass is 35.5. The van der Waals surface area contributed by atoms with Crippen LogP contribution in [0.2, 0.25) is 5.02 Å². The van der Waals surface area contributed by atoms with Gasteiger partial charge in [-0.3, -0.25) is 0 Å². The summed E-state index contributed by atoms with van der Waals surface area (Å²) in [5.41, 5.74) is -0.00572. The number of sulfonamides is 1. The highest BCUT2D eigenvalue weighted by Gasteiger charge is 2.40. The van der Waals surface area contributed by atoms with Crippen LogP contribution >= 0.6 is 11.6 Å². The Morgan fingerprint density at radius 1 is 1.03 bits per heavy atom. The van der Waals surface area contributed by atoms with E-state index in [0.29, 0.717) is 0 Å². The minimum Gasteiger partial charge on any atom is -0.317 e. The highest BCUT2D eigenvalue weighted by Crippen LogP contribution is 2.37. The maximum Gasteiger partial charge on any atom is 0.449 e. The molecular formula is C19H15ClF5N3O2S. The maximum absolute atomic E-state index is 13.7. The first-order chi connectivity index (χ1) is 14.5. The van der Waals surface area contributed by atoms with Crippen molar-refractivity contribution in [2.24, 2.45) is 0 Å². The number of rotatable bonds is 3. The zero-order valence-electron chi connectivity index (χ0n) is 15.7. The summed E-state index contributed by atoms with van der Waals surface area (Å²) in [4.78, 5) is 3.28. The number of piperidine rings is 1. The van der Waals surface area contributed by atoms with Gasteiger partial charge in [-0.25, -0.2) is 22.2 Å². The maximum atomic E-state index is 13.7. The van der Waals surface area contributed by atoms with Gasteiger partial charge in [0.05, 0.1) is 21.0 Å². The molecule has 3 aromatic rings. The topological polar surface area (TPSA) is 55.2 Å². The monoisotopic (exact) mass is 479 g/mol. The van der Waals surface area contributed by atoms with Crippen LogP contribution in [0.1, 0.15) is 24.7 Å². The van der Waals surface area contributed by atoms with Gasteiger partial charge in [0.2, 0.25) is 15.8 Å². The smallest absolute Gasteiger partial charge is 0.317 e. The summed E-state index contributed by atoms with van der Waals surface area (Å²) in [6.07, 6.45) is -4.62. The molecule has 0 N–H and O–H groups in total. The zero-order valence-corrected chi connectivity index (χ0v) is 17.3. The van der Waals surface area contributed by atoms with Gasteiger partial charge in [0.15, 0.2) is 0 Å². The summed E-state index contributed by atoms with van der Waals surface area (Å²) in [7, 11) is -4.04. The lowest BCUT2D eigenvalue weighted by molar-refractivity contribution is -0.147. The minimum atomic E-state index is -4.76. The average molecular weight is 480 g/mol. The van der Waals surface area contributed by atoms with E-state index >= 15 is 0 Å². The van der Waals surface area contributed by atoms with E-state index in [1.165, 1.54) is 12.1 Å². The van der Waals surface area contributed by atoms with E-state index in [9.17, 15) is 30.4 Å². The van der Waals surface area contributed by atoms with Crippen molar-refractivity contribution >= 4 is 32.7 Å². The van der Waals surface area contributed by atoms with Crippen LogP contribution in [0.5, 0.6) is 0 Å². The fraction of sp³-hybridized carbons (Fsp3) is 0.316. The molecule has 4 rings (SSSR count). The molecular weight excluding hydrogens is 465 g/mol. The number of fused-ring (bicyclic) bond motifs is 1. The van der Waals surface area contributed by atoms with Crippen molar-refractivity contribution in [2.45, 2.75) is 30.0 Å². The second-order valence-corrected chi connectivity index (χ2v) is 9.49. The molecule has 166 valence electrons. The van der Waals surface area contributed by atoms with E-state index in [0.717, 1.165) is 33.1 Å². The molecule has 0 amide bonds. The molecule has 1 fully saturated rings. The summed E-state index contributed by atoms with van der Waals surface area (Å²) in [6, 6.07) is 5.62. The summed E-state index contributed by atoms with van der Waals surface area (Å²) < 4.78 is 95.6. The minimum absolute atomic E-state index is 0.0707. The van der Waals surface area contributed by atoms with Gasteiger partial charge in [-0.2, -0.15) is 17.5 Å². The Balaban J connectivity index is 1.63. The van der Waals surface area contributed by atoms with Crippen LogP contribution in [0.4, 0.5) is 22.0 Å². The molecule has 2 heterocycles. The van der Waals surface area contributed by atoms with Gasteiger partial charge < -0.3 is 4.57 Å². The molecule has 2 aromatic carbocycles. The Hall–Kier alpha value is -2.24. The number of nitrogens with zero attached hydrogens (tertiary/aromatic N) is 3.